The van der Waals surface area contributed by atoms with Crippen molar-refractivity contribution in [1.82, 2.24) is 0 Å². The monoisotopic (exact) mass is 122 g/mol. The maximum absolute atomic E-state index is 2.90. The summed E-state index contributed by atoms with van der Waals surface area (Å²) in [6.45, 7) is 0. The molecule has 0 aliphatic carbocycles. The fourth-order valence-corrected chi connectivity index (χ4v) is 0.589. The summed E-state index contributed by atoms with van der Waals surface area (Å²) in [5.41, 5.74) is 0. The second kappa shape index (κ2) is 4.49. The molecule has 0 aliphatic heterocycles. The summed E-state index contributed by atoms with van der Waals surface area (Å²) < 4.78 is 0. The summed E-state index contributed by atoms with van der Waals surface area (Å²) in [6.07, 6.45) is 0. The molecule has 0 saturated heterocycles. The first-order valence-electron chi connectivity index (χ1n) is 1.40. The maximum Gasteiger partial charge on any atom is 1.00 e. The first-order valence-corrected chi connectivity index (χ1v) is 2.27. The Hall–Kier alpha value is 1.34. The van der Waals surface area contributed by atoms with Crippen LogP contribution in [0.2, 0.25) is 0 Å². The summed E-state index contributed by atoms with van der Waals surface area (Å²) >= 11 is 1.59. The minimum Gasteiger partial charge on any atom is -0.304 e. The van der Waals surface area contributed by atoms with Crippen LogP contribution in [0.15, 0.2) is 17.5 Å². The average molecular weight is 122 g/mol. The Labute approximate surface area is 84.0 Å². The van der Waals surface area contributed by atoms with Crippen LogP contribution < -0.4 is 51.4 Å². The molecule has 0 N–H and O–H groups in total. The van der Waals surface area contributed by atoms with Crippen molar-refractivity contribution in [3.8, 4) is 0 Å². The van der Waals surface area contributed by atoms with Gasteiger partial charge in [-0.1, -0.05) is 0 Å². The molecule has 0 saturated carbocycles. The van der Waals surface area contributed by atoms with Crippen molar-refractivity contribution in [2.45, 2.75) is 0 Å². The van der Waals surface area contributed by atoms with Crippen LogP contribution in [0.25, 0.3) is 0 Å². The first kappa shape index (κ1) is 7.34. The molecule has 0 aromatic carbocycles. The third kappa shape index (κ3) is 2.50. The molecule has 0 fully saturated rings. The predicted molar refractivity (Wildman–Crippen MR) is 23.2 cm³/mol. The fourth-order valence-electron chi connectivity index (χ4n) is 0.196. The van der Waals surface area contributed by atoms with Crippen LogP contribution in [0.4, 0.5) is 0 Å². The molecule has 0 radical (unpaired) electrons. The Morgan fingerprint density at radius 1 is 1.50 bits per heavy atom. The topological polar surface area (TPSA) is 0 Å². The predicted octanol–water partition coefficient (Wildman–Crippen LogP) is -1.45. The zero-order valence-corrected chi connectivity index (χ0v) is 7.58. The maximum atomic E-state index is 2.90. The van der Waals surface area contributed by atoms with Gasteiger partial charge in [-0.15, -0.1) is 5.38 Å². The molecule has 2 heteroatoms. The van der Waals surface area contributed by atoms with Gasteiger partial charge in [0, 0.05) is 0 Å². The van der Waals surface area contributed by atoms with Gasteiger partial charge in [-0.3, -0.25) is 0 Å². The van der Waals surface area contributed by atoms with E-state index in [4.69, 9.17) is 0 Å². The van der Waals surface area contributed by atoms with E-state index in [9.17, 15) is 0 Å². The standard InChI is InChI=1S/C4H3S.K/c1-2-4-5-3-1;/h1-3H;/q-1;+1. The Morgan fingerprint density at radius 2 is 2.33 bits per heavy atom. The van der Waals surface area contributed by atoms with Crippen LogP contribution in [0.1, 0.15) is 0 Å². The second-order valence-corrected chi connectivity index (χ2v) is 1.47. The number of hydrogen-bond acceptors (Lipinski definition) is 1. The van der Waals surface area contributed by atoms with Crippen molar-refractivity contribution >= 4 is 11.3 Å². The summed E-state index contributed by atoms with van der Waals surface area (Å²) in [7, 11) is 0. The van der Waals surface area contributed by atoms with Crippen molar-refractivity contribution in [1.29, 1.82) is 0 Å². The molecule has 0 bridgehead atoms. The zero-order valence-electron chi connectivity index (χ0n) is 3.64. The van der Waals surface area contributed by atoms with Gasteiger partial charge in [0.05, 0.1) is 0 Å². The van der Waals surface area contributed by atoms with E-state index in [0.29, 0.717) is 0 Å². The van der Waals surface area contributed by atoms with Gasteiger partial charge in [0.2, 0.25) is 0 Å². The minimum atomic E-state index is 0. The van der Waals surface area contributed by atoms with E-state index in [1.807, 2.05) is 17.5 Å². The molecule has 0 amide bonds. The number of hydrogen-bond donors (Lipinski definition) is 0. The van der Waals surface area contributed by atoms with Crippen LogP contribution in [0, 0.1) is 5.38 Å². The fraction of sp³-hybridized carbons (Fsp3) is 0. The molecule has 0 atom stereocenters. The van der Waals surface area contributed by atoms with Gasteiger partial charge >= 0.3 is 51.4 Å². The van der Waals surface area contributed by atoms with E-state index in [2.05, 4.69) is 5.38 Å². The van der Waals surface area contributed by atoms with E-state index >= 15 is 0 Å². The van der Waals surface area contributed by atoms with Crippen LogP contribution >= 0.6 is 11.3 Å². The summed E-state index contributed by atoms with van der Waals surface area (Å²) in [5, 5.41) is 4.89. The van der Waals surface area contributed by atoms with Gasteiger partial charge in [0.25, 0.3) is 0 Å². The van der Waals surface area contributed by atoms with E-state index in [1.165, 1.54) is 0 Å². The third-order valence-corrected chi connectivity index (χ3v) is 0.944. The van der Waals surface area contributed by atoms with E-state index in [-0.39, 0.29) is 51.4 Å². The van der Waals surface area contributed by atoms with Crippen LogP contribution in [-0.2, 0) is 0 Å². The molecule has 1 aromatic rings. The van der Waals surface area contributed by atoms with Gasteiger partial charge in [-0.25, -0.2) is 6.07 Å². The van der Waals surface area contributed by atoms with Crippen molar-refractivity contribution in [2.75, 3.05) is 0 Å². The molecule has 0 nitrogen and oxygen atoms in total. The SMILES string of the molecule is [K+].[c-]1cccs1. The van der Waals surface area contributed by atoms with Crippen LogP contribution in [0.3, 0.4) is 0 Å². The summed E-state index contributed by atoms with van der Waals surface area (Å²) in [4.78, 5) is 0. The van der Waals surface area contributed by atoms with Gasteiger partial charge in [-0.2, -0.15) is 11.4 Å². The molecular weight excluding hydrogens is 119 g/mol. The molecule has 1 heterocycles. The smallest absolute Gasteiger partial charge is 0.304 e. The van der Waals surface area contributed by atoms with Crippen LogP contribution in [-0.4, -0.2) is 0 Å². The molecule has 0 unspecified atom stereocenters. The average Bonchev–Trinajstić information content (AvgIpc) is 1.76. The van der Waals surface area contributed by atoms with Crippen LogP contribution in [0.5, 0.6) is 0 Å². The quantitative estimate of drug-likeness (QED) is 0.292. The largest absolute Gasteiger partial charge is 1.00 e. The Kier molecular flexibility index (Phi) is 5.50. The van der Waals surface area contributed by atoms with Gasteiger partial charge in [0.15, 0.2) is 0 Å². The van der Waals surface area contributed by atoms with Gasteiger partial charge in [0.1, 0.15) is 0 Å². The van der Waals surface area contributed by atoms with Crippen molar-refractivity contribution in [3.05, 3.63) is 22.9 Å². The first-order chi connectivity index (χ1) is 2.50. The third-order valence-electron chi connectivity index (χ3n) is 0.379. The Balaban J connectivity index is 0.000000250. The van der Waals surface area contributed by atoms with E-state index in [1.54, 1.807) is 11.3 Å². The van der Waals surface area contributed by atoms with Gasteiger partial charge in [-0.05, 0) is 0 Å². The van der Waals surface area contributed by atoms with Gasteiger partial charge < -0.3 is 11.3 Å². The Morgan fingerprint density at radius 3 is 2.50 bits per heavy atom. The molecule has 0 spiro atoms. The van der Waals surface area contributed by atoms with Crippen molar-refractivity contribution in [3.63, 3.8) is 0 Å². The minimum absolute atomic E-state index is 0. The molecule has 6 heavy (non-hydrogen) atoms. The summed E-state index contributed by atoms with van der Waals surface area (Å²) in [6, 6.07) is 3.86. The molecular formula is C4H3KS. The molecule has 1 rings (SSSR count). The normalized spacial score (nSPS) is 6.67. The molecule has 0 aliphatic rings. The van der Waals surface area contributed by atoms with E-state index < -0.39 is 0 Å². The molecule has 1 aromatic heterocycles. The molecule has 26 valence electrons. The number of rotatable bonds is 0. The second-order valence-electron chi connectivity index (χ2n) is 0.731. The van der Waals surface area contributed by atoms with Crippen molar-refractivity contribution in [2.24, 2.45) is 0 Å². The Bertz CT molecular complexity index is 64.0. The van der Waals surface area contributed by atoms with Crippen molar-refractivity contribution < 1.29 is 51.4 Å². The summed E-state index contributed by atoms with van der Waals surface area (Å²) in [5.74, 6) is 0. The number of thiophene rings is 1. The van der Waals surface area contributed by atoms with E-state index in [0.717, 1.165) is 0 Å². The zero-order chi connectivity index (χ0) is 3.54.